The Morgan fingerprint density at radius 2 is 2.10 bits per heavy atom. The highest BCUT2D eigenvalue weighted by Crippen LogP contribution is 2.41. The number of rotatable bonds is 8. The van der Waals surface area contributed by atoms with Gasteiger partial charge in [-0.25, -0.2) is 0 Å². The zero-order valence-corrected chi connectivity index (χ0v) is 14.7. The Morgan fingerprint density at radius 3 is 2.81 bits per heavy atom. The number of nitrogens with zero attached hydrogens (tertiary/aromatic N) is 2. The van der Waals surface area contributed by atoms with Crippen molar-refractivity contribution in [2.75, 3.05) is 18.1 Å². The molecule has 0 amide bonds. The summed E-state index contributed by atoms with van der Waals surface area (Å²) < 4.78 is 5.46. The molecule has 0 saturated carbocycles. The maximum absolute atomic E-state index is 5.69. The largest absolute Gasteiger partial charge is 0.339 e. The molecule has 0 bridgehead atoms. The minimum Gasteiger partial charge on any atom is -0.339 e. The van der Waals surface area contributed by atoms with E-state index in [0.717, 1.165) is 37.5 Å². The Morgan fingerprint density at radius 1 is 1.29 bits per heavy atom. The minimum atomic E-state index is 0.386. The quantitative estimate of drug-likeness (QED) is 0.785. The first-order valence-corrected chi connectivity index (χ1v) is 10.1. The van der Waals surface area contributed by atoms with Crippen LogP contribution in [0.15, 0.2) is 4.52 Å². The predicted molar refractivity (Wildman–Crippen MR) is 91.8 cm³/mol. The van der Waals surface area contributed by atoms with E-state index in [-0.39, 0.29) is 0 Å². The van der Waals surface area contributed by atoms with E-state index in [1.807, 2.05) is 23.5 Å². The zero-order valence-electron chi connectivity index (χ0n) is 13.1. The van der Waals surface area contributed by atoms with Crippen LogP contribution in [0.25, 0.3) is 0 Å². The van der Waals surface area contributed by atoms with Gasteiger partial charge in [0, 0.05) is 23.2 Å². The molecule has 0 spiro atoms. The van der Waals surface area contributed by atoms with Crippen LogP contribution >= 0.6 is 23.5 Å². The van der Waals surface area contributed by atoms with Crippen molar-refractivity contribution in [2.24, 2.45) is 11.7 Å². The molecule has 0 radical (unpaired) electrons. The Balaban J connectivity index is 1.87. The summed E-state index contributed by atoms with van der Waals surface area (Å²) in [6, 6.07) is 0. The third kappa shape index (κ3) is 5.18. The molecule has 1 fully saturated rings. The van der Waals surface area contributed by atoms with Crippen molar-refractivity contribution in [1.82, 2.24) is 10.1 Å². The number of nitrogens with two attached hydrogens (primary N) is 1. The Labute approximate surface area is 136 Å². The van der Waals surface area contributed by atoms with Crippen molar-refractivity contribution in [2.45, 2.75) is 56.5 Å². The topological polar surface area (TPSA) is 64.9 Å². The van der Waals surface area contributed by atoms with Crippen molar-refractivity contribution in [3.05, 3.63) is 11.7 Å². The summed E-state index contributed by atoms with van der Waals surface area (Å²) in [5, 5.41) is 5.17. The van der Waals surface area contributed by atoms with Crippen LogP contribution in [0.2, 0.25) is 0 Å². The second kappa shape index (κ2) is 9.06. The average Bonchev–Trinajstić information content (AvgIpc) is 2.94. The van der Waals surface area contributed by atoms with Gasteiger partial charge in [-0.3, -0.25) is 0 Å². The zero-order chi connectivity index (χ0) is 15.1. The molecular formula is C15H27N3OS2. The molecule has 1 saturated heterocycles. The molecule has 2 N–H and O–H groups in total. The van der Waals surface area contributed by atoms with E-state index >= 15 is 0 Å². The van der Waals surface area contributed by atoms with Crippen molar-refractivity contribution < 1.29 is 4.52 Å². The van der Waals surface area contributed by atoms with E-state index in [1.165, 1.54) is 24.3 Å². The third-order valence-corrected chi connectivity index (χ3v) is 7.05. The summed E-state index contributed by atoms with van der Waals surface area (Å²) in [4.78, 5) is 4.63. The highest BCUT2D eigenvalue weighted by Gasteiger charge is 2.28. The first-order chi connectivity index (χ1) is 10.2. The first kappa shape index (κ1) is 17.2. The summed E-state index contributed by atoms with van der Waals surface area (Å²) in [7, 11) is 0. The summed E-state index contributed by atoms with van der Waals surface area (Å²) in [5.41, 5.74) is 5.69. The summed E-state index contributed by atoms with van der Waals surface area (Å²) in [5.74, 6) is 4.78. The van der Waals surface area contributed by atoms with E-state index in [0.29, 0.717) is 16.4 Å². The van der Waals surface area contributed by atoms with Crippen LogP contribution in [-0.2, 0) is 6.42 Å². The average molecular weight is 330 g/mol. The minimum absolute atomic E-state index is 0.386. The molecule has 120 valence electrons. The van der Waals surface area contributed by atoms with Crippen LogP contribution < -0.4 is 5.73 Å². The van der Waals surface area contributed by atoms with Gasteiger partial charge in [0.05, 0.1) is 5.25 Å². The summed E-state index contributed by atoms with van der Waals surface area (Å²) >= 11 is 3.96. The lowest BCUT2D eigenvalue weighted by Gasteiger charge is -2.24. The molecule has 2 rings (SSSR count). The fourth-order valence-electron chi connectivity index (χ4n) is 2.81. The molecule has 4 nitrogen and oxygen atoms in total. The molecule has 3 unspecified atom stereocenters. The van der Waals surface area contributed by atoms with Crippen LogP contribution in [0.4, 0.5) is 0 Å². The normalized spacial score (nSPS) is 24.1. The van der Waals surface area contributed by atoms with Gasteiger partial charge in [-0.2, -0.15) is 16.7 Å². The molecule has 1 aliphatic heterocycles. The molecule has 1 aromatic rings. The van der Waals surface area contributed by atoms with Gasteiger partial charge in [0.25, 0.3) is 0 Å². The SMILES string of the molecule is CCCC(CCN)CCc1nc(C2SCCSC2C)no1. The number of aryl methyl sites for hydroxylation is 1. The lowest BCUT2D eigenvalue weighted by atomic mass is 9.94. The molecule has 6 heteroatoms. The second-order valence-corrected chi connectivity index (χ2v) is 8.42. The van der Waals surface area contributed by atoms with Crippen molar-refractivity contribution in [3.63, 3.8) is 0 Å². The monoisotopic (exact) mass is 329 g/mol. The van der Waals surface area contributed by atoms with E-state index in [2.05, 4.69) is 24.0 Å². The van der Waals surface area contributed by atoms with Gasteiger partial charge in [0.15, 0.2) is 5.82 Å². The molecule has 21 heavy (non-hydrogen) atoms. The molecule has 2 heterocycles. The number of thioether (sulfide) groups is 2. The number of hydrogen-bond acceptors (Lipinski definition) is 6. The molecule has 1 aliphatic rings. The molecule has 1 aromatic heterocycles. The third-order valence-electron chi connectivity index (χ3n) is 3.96. The van der Waals surface area contributed by atoms with E-state index < -0.39 is 0 Å². The maximum Gasteiger partial charge on any atom is 0.226 e. The van der Waals surface area contributed by atoms with Gasteiger partial charge in [-0.15, -0.1) is 11.8 Å². The van der Waals surface area contributed by atoms with Crippen molar-refractivity contribution >= 4 is 23.5 Å². The van der Waals surface area contributed by atoms with Gasteiger partial charge in [-0.05, 0) is 25.3 Å². The van der Waals surface area contributed by atoms with Gasteiger partial charge < -0.3 is 10.3 Å². The lowest BCUT2D eigenvalue weighted by Crippen LogP contribution is -2.16. The van der Waals surface area contributed by atoms with Gasteiger partial charge >= 0.3 is 0 Å². The lowest BCUT2D eigenvalue weighted by molar-refractivity contribution is 0.346. The maximum atomic E-state index is 5.69. The Hall–Kier alpha value is -0.200. The second-order valence-electron chi connectivity index (χ2n) is 5.68. The fraction of sp³-hybridized carbons (Fsp3) is 0.867. The summed E-state index contributed by atoms with van der Waals surface area (Å²) in [6.45, 7) is 5.26. The van der Waals surface area contributed by atoms with Crippen molar-refractivity contribution in [1.29, 1.82) is 0 Å². The van der Waals surface area contributed by atoms with Crippen LogP contribution in [0.1, 0.15) is 56.5 Å². The van der Waals surface area contributed by atoms with E-state index in [1.54, 1.807) is 0 Å². The molecular weight excluding hydrogens is 302 g/mol. The van der Waals surface area contributed by atoms with E-state index in [9.17, 15) is 0 Å². The Bertz CT molecular complexity index is 407. The van der Waals surface area contributed by atoms with Crippen LogP contribution in [0.5, 0.6) is 0 Å². The fourth-order valence-corrected chi connectivity index (χ4v) is 5.49. The first-order valence-electron chi connectivity index (χ1n) is 8.00. The highest BCUT2D eigenvalue weighted by atomic mass is 32.2. The van der Waals surface area contributed by atoms with Crippen LogP contribution in [-0.4, -0.2) is 33.4 Å². The standard InChI is InChI=1S/C15H27N3OS2/c1-3-4-12(7-8-16)5-6-13-17-15(18-19-13)14-11(2)20-9-10-21-14/h11-12,14H,3-10,16H2,1-2H3. The van der Waals surface area contributed by atoms with Crippen molar-refractivity contribution in [3.8, 4) is 0 Å². The predicted octanol–water partition coefficient (Wildman–Crippen LogP) is 3.68. The van der Waals surface area contributed by atoms with Gasteiger partial charge in [0.1, 0.15) is 0 Å². The highest BCUT2D eigenvalue weighted by molar-refractivity contribution is 8.06. The molecule has 3 atom stereocenters. The number of aromatic nitrogens is 2. The Kier molecular flexibility index (Phi) is 7.40. The molecule has 0 aromatic carbocycles. The van der Waals surface area contributed by atoms with Gasteiger partial charge in [0.2, 0.25) is 5.89 Å². The van der Waals surface area contributed by atoms with Gasteiger partial charge in [-0.1, -0.05) is 31.8 Å². The molecule has 0 aliphatic carbocycles. The van der Waals surface area contributed by atoms with Crippen LogP contribution in [0, 0.1) is 5.92 Å². The smallest absolute Gasteiger partial charge is 0.226 e. The van der Waals surface area contributed by atoms with E-state index in [4.69, 9.17) is 10.3 Å². The summed E-state index contributed by atoms with van der Waals surface area (Å²) in [6.07, 6.45) is 5.55. The van der Waals surface area contributed by atoms with Crippen LogP contribution in [0.3, 0.4) is 0 Å². The number of hydrogen-bond donors (Lipinski definition) is 1.